The molecular formula is C57H66N2O14. The number of esters is 3. The monoisotopic (exact) mass is 1000 g/mol. The predicted molar refractivity (Wildman–Crippen MR) is 279 cm³/mol. The van der Waals surface area contributed by atoms with Gasteiger partial charge in [-0.3, -0.25) is 10.1 Å². The second-order valence-electron chi connectivity index (χ2n) is 17.0. The lowest BCUT2D eigenvalue weighted by Gasteiger charge is -2.13. The largest absolute Gasteiger partial charge is 0.494 e. The van der Waals surface area contributed by atoms with Gasteiger partial charge in [-0.1, -0.05) is 133 Å². The van der Waals surface area contributed by atoms with Crippen molar-refractivity contribution in [3.63, 3.8) is 0 Å². The highest BCUT2D eigenvalue weighted by molar-refractivity contribution is 6.09. The van der Waals surface area contributed by atoms with Gasteiger partial charge in [-0.25, -0.2) is 24.0 Å². The molecule has 5 aromatic rings. The molecule has 16 heteroatoms. The number of rotatable bonds is 30. The Morgan fingerprint density at radius 2 is 1.16 bits per heavy atom. The number of hydrogen-bond donors (Lipinski definition) is 3. The fourth-order valence-corrected chi connectivity index (χ4v) is 7.69. The zero-order valence-corrected chi connectivity index (χ0v) is 41.6. The summed E-state index contributed by atoms with van der Waals surface area (Å²) >= 11 is 0. The smallest absolute Gasteiger partial charge is 0.343 e. The molecule has 0 fully saturated rings. The van der Waals surface area contributed by atoms with Gasteiger partial charge in [-0.15, -0.1) is 0 Å². The van der Waals surface area contributed by atoms with Crippen molar-refractivity contribution in [2.24, 2.45) is 0 Å². The number of nitro benzene ring substituents is 1. The van der Waals surface area contributed by atoms with E-state index in [0.29, 0.717) is 24.3 Å². The van der Waals surface area contributed by atoms with Crippen molar-refractivity contribution in [3.05, 3.63) is 148 Å². The number of aromatic carboxylic acids is 2. The Balaban J connectivity index is 0.000000420. The third kappa shape index (κ3) is 19.3. The first-order valence-electron chi connectivity index (χ1n) is 24.6. The quantitative estimate of drug-likeness (QED) is 0.00737. The number of para-hydroxylation sites is 1. The van der Waals surface area contributed by atoms with Gasteiger partial charge in [0, 0.05) is 29.5 Å². The summed E-state index contributed by atoms with van der Waals surface area (Å²) in [4.78, 5) is 71.1. The number of methoxy groups -OCH3 is 1. The normalized spacial score (nSPS) is 10.5. The number of hydrogen-bond acceptors (Lipinski definition) is 13. The van der Waals surface area contributed by atoms with Gasteiger partial charge in [-0.05, 0) is 84.5 Å². The van der Waals surface area contributed by atoms with Crippen LogP contribution in [0.25, 0.3) is 22.3 Å². The van der Waals surface area contributed by atoms with Crippen molar-refractivity contribution in [2.75, 3.05) is 32.7 Å². The summed E-state index contributed by atoms with van der Waals surface area (Å²) < 4.78 is 26.4. The maximum atomic E-state index is 12.9. The molecule has 0 amide bonds. The van der Waals surface area contributed by atoms with Crippen molar-refractivity contribution in [3.8, 4) is 39.5 Å². The van der Waals surface area contributed by atoms with Gasteiger partial charge in [0.05, 0.1) is 54.1 Å². The Morgan fingerprint density at radius 1 is 0.616 bits per heavy atom. The fourth-order valence-electron chi connectivity index (χ4n) is 7.69. The average Bonchev–Trinajstić information content (AvgIpc) is 3.39. The van der Waals surface area contributed by atoms with Gasteiger partial charge in [0.25, 0.3) is 0 Å². The minimum atomic E-state index is -1.47. The molecule has 4 N–H and O–H groups in total. The molecule has 0 bridgehead atoms. The van der Waals surface area contributed by atoms with E-state index in [4.69, 9.17) is 24.7 Å². The molecule has 0 heterocycles. The van der Waals surface area contributed by atoms with E-state index in [1.54, 1.807) is 12.1 Å². The van der Waals surface area contributed by atoms with Gasteiger partial charge >= 0.3 is 35.5 Å². The van der Waals surface area contributed by atoms with Crippen LogP contribution in [0, 0.1) is 10.1 Å². The first kappa shape index (κ1) is 57.6. The van der Waals surface area contributed by atoms with Crippen molar-refractivity contribution in [1.82, 2.24) is 0 Å². The average molecular weight is 1000 g/mol. The van der Waals surface area contributed by atoms with E-state index in [9.17, 15) is 44.3 Å². The van der Waals surface area contributed by atoms with Crippen LogP contribution in [0.1, 0.15) is 145 Å². The number of ether oxygens (including phenoxy) is 5. The number of carbonyl (C=O) groups is 5. The highest BCUT2D eigenvalue weighted by Gasteiger charge is 2.26. The zero-order chi connectivity index (χ0) is 53.0. The van der Waals surface area contributed by atoms with Crippen molar-refractivity contribution >= 4 is 41.2 Å². The Labute approximate surface area is 426 Å². The summed E-state index contributed by atoms with van der Waals surface area (Å²) in [5.41, 5.74) is 6.36. The minimum absolute atomic E-state index is 0.0526. The Bertz CT molecular complexity index is 2600. The summed E-state index contributed by atoms with van der Waals surface area (Å²) in [6.45, 7) is 7.18. The molecule has 0 aliphatic rings. The molecule has 0 aliphatic carbocycles. The van der Waals surface area contributed by atoms with Crippen LogP contribution in [0.2, 0.25) is 0 Å². The van der Waals surface area contributed by atoms with E-state index < -0.39 is 39.9 Å². The van der Waals surface area contributed by atoms with E-state index in [0.717, 1.165) is 83.0 Å². The lowest BCUT2D eigenvalue weighted by Crippen LogP contribution is -2.14. The van der Waals surface area contributed by atoms with Crippen LogP contribution >= 0.6 is 0 Å². The lowest BCUT2D eigenvalue weighted by atomic mass is 9.92. The third-order valence-electron chi connectivity index (χ3n) is 11.6. The third-order valence-corrected chi connectivity index (χ3v) is 11.6. The topological polar surface area (TPSA) is 241 Å². The van der Waals surface area contributed by atoms with Crippen LogP contribution in [-0.4, -0.2) is 71.9 Å². The molecule has 0 spiro atoms. The number of nitrogen functional groups attached to an aromatic ring is 1. The van der Waals surface area contributed by atoms with Crippen molar-refractivity contribution in [2.45, 2.75) is 103 Å². The van der Waals surface area contributed by atoms with Crippen molar-refractivity contribution < 1.29 is 62.8 Å². The van der Waals surface area contributed by atoms with E-state index >= 15 is 0 Å². The summed E-state index contributed by atoms with van der Waals surface area (Å²) in [5, 5.41) is 31.2. The predicted octanol–water partition coefficient (Wildman–Crippen LogP) is 13.0. The summed E-state index contributed by atoms with van der Waals surface area (Å²) in [5.74, 6) is -3.76. The molecule has 5 rings (SSSR count). The number of benzene rings is 5. The van der Waals surface area contributed by atoms with Crippen LogP contribution in [0.15, 0.2) is 116 Å². The number of carbonyl (C=O) groups excluding carboxylic acids is 3. The number of carboxylic acid groups (broad SMARTS) is 2. The molecule has 0 saturated carbocycles. The first-order valence-corrected chi connectivity index (χ1v) is 24.6. The molecule has 73 heavy (non-hydrogen) atoms. The number of unbranched alkanes of at least 4 members (excludes halogenated alkanes) is 13. The SMILES string of the molecule is C=CC(=O)OCCCCCCCCCCCOc1ccccc1.CCCCCCCCOc1cc(N)c(-c2ccc(C(=O)Oc3ccc(-c4cc(C(=O)O)cc(C(=O)OC)c4C(=O)O)cc3)cc2)cc1[N+](=O)[O-]. The van der Waals surface area contributed by atoms with E-state index in [1.165, 1.54) is 99.6 Å². The van der Waals surface area contributed by atoms with Gasteiger partial charge in [0.15, 0.2) is 5.75 Å². The van der Waals surface area contributed by atoms with E-state index in [1.807, 2.05) is 30.3 Å². The molecule has 0 unspecified atom stereocenters. The second-order valence-corrected chi connectivity index (χ2v) is 17.0. The molecule has 5 aromatic carbocycles. The van der Waals surface area contributed by atoms with Crippen LogP contribution in [0.5, 0.6) is 17.2 Å². The summed E-state index contributed by atoms with van der Waals surface area (Å²) in [6, 6.07) is 26.5. The van der Waals surface area contributed by atoms with Crippen molar-refractivity contribution in [1.29, 1.82) is 0 Å². The molecular weight excluding hydrogens is 937 g/mol. The van der Waals surface area contributed by atoms with Gasteiger partial charge < -0.3 is 39.6 Å². The molecule has 16 nitrogen and oxygen atoms in total. The van der Waals surface area contributed by atoms with Crippen LogP contribution in [0.3, 0.4) is 0 Å². The van der Waals surface area contributed by atoms with Gasteiger partial charge in [-0.2, -0.15) is 0 Å². The second kappa shape index (κ2) is 31.4. The van der Waals surface area contributed by atoms with E-state index in [2.05, 4.69) is 18.2 Å². The maximum Gasteiger partial charge on any atom is 0.343 e. The van der Waals surface area contributed by atoms with Gasteiger partial charge in [0.1, 0.15) is 11.5 Å². The lowest BCUT2D eigenvalue weighted by molar-refractivity contribution is -0.385. The van der Waals surface area contributed by atoms with Crippen LogP contribution in [0.4, 0.5) is 11.4 Å². The highest BCUT2D eigenvalue weighted by atomic mass is 16.6. The fraction of sp³-hybridized carbons (Fsp3) is 0.351. The number of nitrogens with two attached hydrogens (primary N) is 1. The Morgan fingerprint density at radius 3 is 1.71 bits per heavy atom. The van der Waals surface area contributed by atoms with E-state index in [-0.39, 0.29) is 51.1 Å². The standard InChI is InChI=1S/C37H36N2O11.C20H30O3/c1-3-4-5-6-7-8-17-49-32-21-30(38)27(20-31(32)39(46)47)22-9-11-24(12-10-22)36(44)50-26-15-13-23(14-16-26)28-18-25(34(40)41)19-29(37(45)48-2)33(28)35(42)43;1-2-20(21)23-18-14-9-7-5-3-4-6-8-13-17-22-19-15-11-10-12-16-19/h9-16,18-21H,3-8,17,38H2,1-2H3,(H,40,41)(H,42,43);2,10-12,15-16H,1,3-9,13-14,17-18H2. The number of carboxylic acids is 2. The molecule has 0 aromatic heterocycles. The molecule has 388 valence electrons. The van der Waals surface area contributed by atoms with Crippen LogP contribution in [-0.2, 0) is 14.3 Å². The zero-order valence-electron chi connectivity index (χ0n) is 41.6. The summed E-state index contributed by atoms with van der Waals surface area (Å²) in [7, 11) is 1.05. The Hall–Kier alpha value is -8.01. The van der Waals surface area contributed by atoms with Gasteiger partial charge in [0.2, 0.25) is 0 Å². The highest BCUT2D eigenvalue weighted by Crippen LogP contribution is 2.38. The number of nitro groups is 1. The Kier molecular flexibility index (Phi) is 24.7. The van der Waals surface area contributed by atoms with Crippen LogP contribution < -0.4 is 19.9 Å². The first-order chi connectivity index (χ1) is 35.3. The number of nitrogens with zero attached hydrogens (tertiary/aromatic N) is 1. The minimum Gasteiger partial charge on any atom is -0.494 e. The number of anilines is 1. The summed E-state index contributed by atoms with van der Waals surface area (Å²) in [6.07, 6.45) is 18.3. The molecule has 0 saturated heterocycles. The molecule has 0 atom stereocenters. The molecule has 0 aliphatic heterocycles. The molecule has 0 radical (unpaired) electrons. The maximum absolute atomic E-state index is 12.9.